The van der Waals surface area contributed by atoms with Crippen LogP contribution in [0, 0.1) is 0 Å². The molecule has 1 fully saturated rings. The zero-order chi connectivity index (χ0) is 21.3. The van der Waals surface area contributed by atoms with Gasteiger partial charge in [-0.05, 0) is 37.7 Å². The summed E-state index contributed by atoms with van der Waals surface area (Å²) in [5.41, 5.74) is 1.05. The van der Waals surface area contributed by atoms with Crippen LogP contribution in [0.2, 0.25) is 0 Å². The third kappa shape index (κ3) is 5.80. The molecule has 30 heavy (non-hydrogen) atoms. The quantitative estimate of drug-likeness (QED) is 0.690. The van der Waals surface area contributed by atoms with E-state index in [9.17, 15) is 4.79 Å². The Hall–Kier alpha value is -2.44. The Labute approximate surface area is 180 Å². The topological polar surface area (TPSA) is 51.7 Å². The minimum absolute atomic E-state index is 0.0875. The average molecular weight is 410 g/mol. The van der Waals surface area contributed by atoms with Gasteiger partial charge in [0.2, 0.25) is 5.91 Å². The van der Waals surface area contributed by atoms with Gasteiger partial charge in [0, 0.05) is 45.0 Å². The van der Waals surface area contributed by atoms with E-state index < -0.39 is 0 Å². The summed E-state index contributed by atoms with van der Waals surface area (Å²) in [4.78, 5) is 24.6. The van der Waals surface area contributed by atoms with Crippen molar-refractivity contribution in [1.29, 1.82) is 0 Å². The molecule has 3 rings (SSSR count). The molecule has 0 spiro atoms. The van der Waals surface area contributed by atoms with E-state index in [0.717, 1.165) is 57.2 Å². The number of nitrogens with one attached hydrogen (secondary N) is 1. The molecule has 6 heteroatoms. The highest BCUT2D eigenvalue weighted by Gasteiger charge is 2.27. The van der Waals surface area contributed by atoms with Crippen LogP contribution in [-0.4, -0.2) is 72.5 Å². The van der Waals surface area contributed by atoms with E-state index in [2.05, 4.69) is 51.8 Å². The van der Waals surface area contributed by atoms with Crippen LogP contribution in [0.25, 0.3) is 0 Å². The van der Waals surface area contributed by atoms with Gasteiger partial charge in [-0.25, -0.2) is 4.98 Å². The number of benzene rings is 1. The average Bonchev–Trinajstić information content (AvgIpc) is 2.78. The first-order valence-electron chi connectivity index (χ1n) is 11.1. The molecule has 0 saturated carbocycles. The predicted octanol–water partition coefficient (Wildman–Crippen LogP) is 2.79. The van der Waals surface area contributed by atoms with Crippen molar-refractivity contribution in [3.05, 3.63) is 60.3 Å². The van der Waals surface area contributed by atoms with Gasteiger partial charge in [0.15, 0.2) is 0 Å². The maximum atomic E-state index is 13.2. The number of piperazine rings is 1. The summed E-state index contributed by atoms with van der Waals surface area (Å²) in [6, 6.07) is 16.0. The second kappa shape index (κ2) is 11.1. The first kappa shape index (κ1) is 22.2. The molecule has 1 saturated heterocycles. The molecule has 1 aromatic heterocycles. The molecule has 0 bridgehead atoms. The molecule has 2 atom stereocenters. The number of pyridine rings is 1. The van der Waals surface area contributed by atoms with Crippen molar-refractivity contribution in [2.75, 3.05) is 50.7 Å². The van der Waals surface area contributed by atoms with Crippen molar-refractivity contribution < 1.29 is 4.79 Å². The number of anilines is 1. The minimum Gasteiger partial charge on any atom is -0.354 e. The predicted molar refractivity (Wildman–Crippen MR) is 123 cm³/mol. The number of likely N-dealkylation sites (N-methyl/N-ethyl adjacent to an activating group) is 1. The summed E-state index contributed by atoms with van der Waals surface area (Å²) in [6.45, 7) is 12.8. The first-order valence-corrected chi connectivity index (χ1v) is 11.1. The van der Waals surface area contributed by atoms with Crippen LogP contribution in [0.3, 0.4) is 0 Å². The van der Waals surface area contributed by atoms with Gasteiger partial charge in [-0.1, -0.05) is 50.2 Å². The van der Waals surface area contributed by atoms with Crippen LogP contribution in [0.5, 0.6) is 0 Å². The first-order chi connectivity index (χ1) is 14.6. The van der Waals surface area contributed by atoms with E-state index in [1.165, 1.54) is 0 Å². The summed E-state index contributed by atoms with van der Waals surface area (Å²) in [7, 11) is 0. The number of hydrogen-bond acceptors (Lipinski definition) is 5. The molecule has 1 aliphatic heterocycles. The lowest BCUT2D eigenvalue weighted by Gasteiger charge is -2.37. The number of amides is 1. The highest BCUT2D eigenvalue weighted by molar-refractivity contribution is 5.83. The molecule has 6 nitrogen and oxygen atoms in total. The second-order valence-corrected chi connectivity index (χ2v) is 7.92. The van der Waals surface area contributed by atoms with Crippen molar-refractivity contribution in [1.82, 2.24) is 20.1 Å². The van der Waals surface area contributed by atoms with Crippen LogP contribution >= 0.6 is 0 Å². The third-order valence-electron chi connectivity index (χ3n) is 5.81. The molecule has 2 heterocycles. The Kier molecular flexibility index (Phi) is 8.22. The number of carbonyl (C=O) groups is 1. The van der Waals surface area contributed by atoms with Crippen molar-refractivity contribution in [3.8, 4) is 0 Å². The summed E-state index contributed by atoms with van der Waals surface area (Å²) in [6.07, 6.45) is 1.85. The largest absolute Gasteiger partial charge is 0.354 e. The molecular weight excluding hydrogens is 374 g/mol. The van der Waals surface area contributed by atoms with Crippen molar-refractivity contribution in [3.63, 3.8) is 0 Å². The Morgan fingerprint density at radius 1 is 1.03 bits per heavy atom. The normalized spacial score (nSPS) is 17.0. The van der Waals surface area contributed by atoms with Gasteiger partial charge in [0.05, 0.1) is 0 Å². The maximum Gasteiger partial charge on any atom is 0.242 e. The van der Waals surface area contributed by atoms with Crippen LogP contribution in [0.1, 0.15) is 32.4 Å². The van der Waals surface area contributed by atoms with Crippen molar-refractivity contribution in [2.45, 2.75) is 32.9 Å². The van der Waals surface area contributed by atoms with Gasteiger partial charge in [-0.15, -0.1) is 0 Å². The number of nitrogens with zero attached hydrogens (tertiary/aromatic N) is 4. The van der Waals surface area contributed by atoms with Gasteiger partial charge in [-0.3, -0.25) is 14.6 Å². The monoisotopic (exact) mass is 409 g/mol. The highest BCUT2D eigenvalue weighted by Crippen LogP contribution is 2.21. The number of hydrogen-bond donors (Lipinski definition) is 1. The third-order valence-corrected chi connectivity index (χ3v) is 5.81. The van der Waals surface area contributed by atoms with E-state index in [1.54, 1.807) is 0 Å². The van der Waals surface area contributed by atoms with Gasteiger partial charge in [0.1, 0.15) is 11.9 Å². The lowest BCUT2D eigenvalue weighted by Crippen LogP contribution is -2.52. The van der Waals surface area contributed by atoms with Gasteiger partial charge >= 0.3 is 0 Å². The van der Waals surface area contributed by atoms with Crippen LogP contribution in [-0.2, 0) is 4.79 Å². The van der Waals surface area contributed by atoms with Crippen LogP contribution in [0.4, 0.5) is 5.82 Å². The van der Waals surface area contributed by atoms with E-state index in [4.69, 9.17) is 0 Å². The molecule has 0 aliphatic carbocycles. The highest BCUT2D eigenvalue weighted by atomic mass is 16.2. The fourth-order valence-electron chi connectivity index (χ4n) is 4.21. The minimum atomic E-state index is -0.246. The standard InChI is InChI=1S/C24H35N5O/c1-4-28(5-2)23(21-11-7-6-8-12-21)24(30)26-20(3)19-27-15-17-29(18-16-27)22-13-9-10-14-25-22/h6-14,20,23H,4-5,15-19H2,1-3H3,(H,26,30). The summed E-state index contributed by atoms with van der Waals surface area (Å²) >= 11 is 0. The molecule has 0 radical (unpaired) electrons. The molecule has 2 aromatic rings. The Balaban J connectivity index is 1.54. The zero-order valence-electron chi connectivity index (χ0n) is 18.5. The molecule has 1 amide bonds. The summed E-state index contributed by atoms with van der Waals surface area (Å²) in [5.74, 6) is 1.13. The van der Waals surface area contributed by atoms with Gasteiger partial charge < -0.3 is 10.2 Å². The van der Waals surface area contributed by atoms with Crippen LogP contribution < -0.4 is 10.2 Å². The van der Waals surface area contributed by atoms with Crippen molar-refractivity contribution in [2.24, 2.45) is 0 Å². The molecule has 2 unspecified atom stereocenters. The zero-order valence-corrected chi connectivity index (χ0v) is 18.5. The van der Waals surface area contributed by atoms with E-state index in [-0.39, 0.29) is 18.0 Å². The van der Waals surface area contributed by atoms with E-state index >= 15 is 0 Å². The van der Waals surface area contributed by atoms with E-state index in [1.807, 2.05) is 48.7 Å². The molecule has 162 valence electrons. The Morgan fingerprint density at radius 2 is 1.70 bits per heavy atom. The van der Waals surface area contributed by atoms with Crippen molar-refractivity contribution >= 4 is 11.7 Å². The number of rotatable bonds is 9. The van der Waals surface area contributed by atoms with E-state index in [0.29, 0.717) is 0 Å². The Bertz CT molecular complexity index is 758. The number of aromatic nitrogens is 1. The van der Waals surface area contributed by atoms with Crippen LogP contribution in [0.15, 0.2) is 54.7 Å². The molecule has 1 aromatic carbocycles. The lowest BCUT2D eigenvalue weighted by atomic mass is 10.0. The number of carbonyl (C=O) groups excluding carboxylic acids is 1. The molecular formula is C24H35N5O. The Morgan fingerprint density at radius 3 is 2.30 bits per heavy atom. The van der Waals surface area contributed by atoms with Gasteiger partial charge in [-0.2, -0.15) is 0 Å². The smallest absolute Gasteiger partial charge is 0.242 e. The fourth-order valence-corrected chi connectivity index (χ4v) is 4.21. The summed E-state index contributed by atoms with van der Waals surface area (Å²) in [5, 5.41) is 3.27. The molecule has 1 N–H and O–H groups in total. The fraction of sp³-hybridized carbons (Fsp3) is 0.500. The lowest BCUT2D eigenvalue weighted by molar-refractivity contribution is -0.127. The van der Waals surface area contributed by atoms with Gasteiger partial charge in [0.25, 0.3) is 0 Å². The SMILES string of the molecule is CCN(CC)C(C(=O)NC(C)CN1CCN(c2ccccn2)CC1)c1ccccc1. The summed E-state index contributed by atoms with van der Waals surface area (Å²) < 4.78 is 0. The second-order valence-electron chi connectivity index (χ2n) is 7.92. The maximum absolute atomic E-state index is 13.2. The molecule has 1 aliphatic rings.